The van der Waals surface area contributed by atoms with E-state index in [-0.39, 0.29) is 30.9 Å². The zero-order valence-corrected chi connectivity index (χ0v) is 16.3. The molecule has 2 aliphatic rings. The number of rotatable bonds is 4. The van der Waals surface area contributed by atoms with Crippen LogP contribution in [0.3, 0.4) is 0 Å². The summed E-state index contributed by atoms with van der Waals surface area (Å²) in [6, 6.07) is 9.69. The van der Waals surface area contributed by atoms with Crippen molar-refractivity contribution in [2.24, 2.45) is 0 Å². The van der Waals surface area contributed by atoms with Gasteiger partial charge in [0.1, 0.15) is 0 Å². The molecule has 1 saturated heterocycles. The number of ether oxygens (including phenoxy) is 1. The Bertz CT molecular complexity index is 903. The number of hydrogen-bond donors (Lipinski definition) is 1. The van der Waals surface area contributed by atoms with Gasteiger partial charge in [0.05, 0.1) is 30.5 Å². The van der Waals surface area contributed by atoms with Gasteiger partial charge in [0.2, 0.25) is 5.91 Å². The van der Waals surface area contributed by atoms with Gasteiger partial charge in [-0.1, -0.05) is 11.6 Å². The summed E-state index contributed by atoms with van der Waals surface area (Å²) >= 11 is 5.97. The Morgan fingerprint density at radius 2 is 2.11 bits per heavy atom. The number of pyridine rings is 1. The van der Waals surface area contributed by atoms with Crippen LogP contribution in [0.25, 0.3) is 0 Å². The molecule has 1 aromatic carbocycles. The summed E-state index contributed by atoms with van der Waals surface area (Å²) in [4.78, 5) is 32.3. The molecule has 0 saturated carbocycles. The minimum atomic E-state index is -0.303. The van der Waals surface area contributed by atoms with Gasteiger partial charge < -0.3 is 19.9 Å². The third kappa shape index (κ3) is 3.89. The quantitative estimate of drug-likeness (QED) is 0.794. The highest BCUT2D eigenvalue weighted by molar-refractivity contribution is 6.30. The molecule has 1 aromatic heterocycles. The number of aromatic nitrogens is 1. The number of esters is 1. The van der Waals surface area contributed by atoms with Crippen LogP contribution in [0.15, 0.2) is 36.5 Å². The molecule has 1 fully saturated rings. The van der Waals surface area contributed by atoms with Crippen LogP contribution in [0.5, 0.6) is 5.75 Å². The van der Waals surface area contributed by atoms with Crippen LogP contribution < -0.4 is 15.0 Å². The zero-order valence-electron chi connectivity index (χ0n) is 15.5. The maximum absolute atomic E-state index is 12.6. The standard InChI is InChI=1S/C20H21ClN4O3/c1-13-12-24(6-7-25(13)16-4-2-14(21)3-5-16)19(26)11-22-15-8-18-17(23-10-15)9-20(27)28-18/h2-5,8,10,13,22H,6-7,9,11-12H2,1H3/t13-/m1/s1. The van der Waals surface area contributed by atoms with Crippen molar-refractivity contribution in [2.75, 3.05) is 36.4 Å². The molecular weight excluding hydrogens is 380 g/mol. The normalized spacial score (nSPS) is 18.6. The molecule has 2 aliphatic heterocycles. The maximum atomic E-state index is 12.6. The second-order valence-electron chi connectivity index (χ2n) is 7.03. The van der Waals surface area contributed by atoms with E-state index >= 15 is 0 Å². The number of piperazine rings is 1. The smallest absolute Gasteiger partial charge is 0.317 e. The first-order valence-electron chi connectivity index (χ1n) is 9.23. The number of amides is 1. The summed E-state index contributed by atoms with van der Waals surface area (Å²) in [6.07, 6.45) is 1.82. The molecule has 0 bridgehead atoms. The minimum Gasteiger partial charge on any atom is -0.424 e. The molecule has 146 valence electrons. The summed E-state index contributed by atoms with van der Waals surface area (Å²) < 4.78 is 5.10. The number of nitrogens with zero attached hydrogens (tertiary/aromatic N) is 3. The molecule has 0 unspecified atom stereocenters. The number of nitrogens with one attached hydrogen (secondary N) is 1. The highest BCUT2D eigenvalue weighted by Gasteiger charge is 2.27. The van der Waals surface area contributed by atoms with Crippen LogP contribution >= 0.6 is 11.6 Å². The molecule has 0 radical (unpaired) electrons. The van der Waals surface area contributed by atoms with Crippen molar-refractivity contribution in [3.8, 4) is 5.75 Å². The summed E-state index contributed by atoms with van der Waals surface area (Å²) in [5.74, 6) is 0.191. The van der Waals surface area contributed by atoms with Crippen molar-refractivity contribution in [3.05, 3.63) is 47.2 Å². The van der Waals surface area contributed by atoms with Crippen LogP contribution in [0, 0.1) is 0 Å². The van der Waals surface area contributed by atoms with Gasteiger partial charge in [-0.2, -0.15) is 0 Å². The SMILES string of the molecule is C[C@@H]1CN(C(=O)CNc2cnc3c(c2)OC(=O)C3)CCN1c1ccc(Cl)cc1. The molecule has 8 heteroatoms. The Hall–Kier alpha value is -2.80. The van der Waals surface area contributed by atoms with Crippen molar-refractivity contribution < 1.29 is 14.3 Å². The second kappa shape index (κ2) is 7.67. The van der Waals surface area contributed by atoms with E-state index in [0.29, 0.717) is 35.2 Å². The van der Waals surface area contributed by atoms with Gasteiger partial charge in [-0.25, -0.2) is 0 Å². The molecule has 0 spiro atoms. The molecular formula is C20H21ClN4O3. The molecule has 4 rings (SSSR count). The van der Waals surface area contributed by atoms with Gasteiger partial charge in [0, 0.05) is 42.5 Å². The van der Waals surface area contributed by atoms with Crippen LogP contribution in [0.4, 0.5) is 11.4 Å². The Morgan fingerprint density at radius 1 is 1.32 bits per heavy atom. The van der Waals surface area contributed by atoms with Crippen LogP contribution in [0.1, 0.15) is 12.6 Å². The van der Waals surface area contributed by atoms with Gasteiger partial charge in [-0.15, -0.1) is 0 Å². The van der Waals surface area contributed by atoms with Crippen molar-refractivity contribution in [1.82, 2.24) is 9.88 Å². The lowest BCUT2D eigenvalue weighted by Crippen LogP contribution is -2.54. The first kappa shape index (κ1) is 18.6. The zero-order chi connectivity index (χ0) is 19.7. The topological polar surface area (TPSA) is 74.8 Å². The summed E-state index contributed by atoms with van der Waals surface area (Å²) in [5.41, 5.74) is 2.41. The number of fused-ring (bicyclic) bond motifs is 1. The van der Waals surface area contributed by atoms with E-state index in [1.807, 2.05) is 29.2 Å². The largest absolute Gasteiger partial charge is 0.424 e. The number of anilines is 2. The summed E-state index contributed by atoms with van der Waals surface area (Å²) in [5, 5.41) is 3.79. The monoisotopic (exact) mass is 400 g/mol. The fourth-order valence-corrected chi connectivity index (χ4v) is 3.70. The third-order valence-corrected chi connectivity index (χ3v) is 5.30. The van der Waals surface area contributed by atoms with Crippen LogP contribution in [0.2, 0.25) is 5.02 Å². The van der Waals surface area contributed by atoms with Crippen molar-refractivity contribution >= 4 is 34.9 Å². The Balaban J connectivity index is 1.32. The summed E-state index contributed by atoms with van der Waals surface area (Å²) in [6.45, 7) is 4.37. The first-order valence-corrected chi connectivity index (χ1v) is 9.61. The summed E-state index contributed by atoms with van der Waals surface area (Å²) in [7, 11) is 0. The molecule has 28 heavy (non-hydrogen) atoms. The Morgan fingerprint density at radius 3 is 2.86 bits per heavy atom. The molecule has 1 amide bonds. The van der Waals surface area contributed by atoms with E-state index in [4.69, 9.17) is 16.3 Å². The second-order valence-corrected chi connectivity index (χ2v) is 7.47. The van der Waals surface area contributed by atoms with E-state index < -0.39 is 0 Å². The lowest BCUT2D eigenvalue weighted by Gasteiger charge is -2.41. The van der Waals surface area contributed by atoms with Crippen LogP contribution in [-0.2, 0) is 16.0 Å². The molecule has 1 atom stereocenters. The van der Waals surface area contributed by atoms with Gasteiger partial charge in [0.15, 0.2) is 5.75 Å². The average molecular weight is 401 g/mol. The lowest BCUT2D eigenvalue weighted by molar-refractivity contribution is -0.132. The van der Waals surface area contributed by atoms with E-state index in [0.717, 1.165) is 12.2 Å². The first-order chi connectivity index (χ1) is 13.5. The highest BCUT2D eigenvalue weighted by atomic mass is 35.5. The average Bonchev–Trinajstić information content (AvgIpc) is 3.06. The predicted octanol–water partition coefficient (Wildman–Crippen LogP) is 2.35. The number of carbonyl (C=O) groups is 2. The number of halogens is 1. The highest BCUT2D eigenvalue weighted by Crippen LogP contribution is 2.27. The molecule has 3 heterocycles. The number of carbonyl (C=O) groups excluding carboxylic acids is 2. The van der Waals surface area contributed by atoms with E-state index in [1.165, 1.54) is 0 Å². The number of benzene rings is 1. The minimum absolute atomic E-state index is 0.0279. The molecule has 1 N–H and O–H groups in total. The fraction of sp³-hybridized carbons (Fsp3) is 0.350. The van der Waals surface area contributed by atoms with Gasteiger partial charge in [-0.3, -0.25) is 14.6 Å². The van der Waals surface area contributed by atoms with Gasteiger partial charge in [0.25, 0.3) is 0 Å². The van der Waals surface area contributed by atoms with E-state index in [2.05, 4.69) is 22.1 Å². The van der Waals surface area contributed by atoms with E-state index in [9.17, 15) is 9.59 Å². The lowest BCUT2D eigenvalue weighted by atomic mass is 10.1. The van der Waals surface area contributed by atoms with Crippen molar-refractivity contribution in [2.45, 2.75) is 19.4 Å². The molecule has 2 aromatic rings. The van der Waals surface area contributed by atoms with Crippen LogP contribution in [-0.4, -0.2) is 54.0 Å². The van der Waals surface area contributed by atoms with Crippen molar-refractivity contribution in [3.63, 3.8) is 0 Å². The van der Waals surface area contributed by atoms with Gasteiger partial charge in [-0.05, 0) is 31.2 Å². The predicted molar refractivity (Wildman–Crippen MR) is 107 cm³/mol. The molecule has 7 nitrogen and oxygen atoms in total. The number of hydrogen-bond acceptors (Lipinski definition) is 6. The Kier molecular flexibility index (Phi) is 5.09. The fourth-order valence-electron chi connectivity index (χ4n) is 3.58. The van der Waals surface area contributed by atoms with Crippen molar-refractivity contribution in [1.29, 1.82) is 0 Å². The third-order valence-electron chi connectivity index (χ3n) is 5.05. The van der Waals surface area contributed by atoms with E-state index in [1.54, 1.807) is 12.3 Å². The maximum Gasteiger partial charge on any atom is 0.317 e. The molecule has 0 aliphatic carbocycles. The van der Waals surface area contributed by atoms with Gasteiger partial charge >= 0.3 is 5.97 Å². The Labute approximate surface area is 168 Å².